The van der Waals surface area contributed by atoms with Crippen LogP contribution in [0.1, 0.15) is 32.0 Å². The molecule has 2 heterocycles. The summed E-state index contributed by atoms with van der Waals surface area (Å²) in [5, 5.41) is 3.55. The van der Waals surface area contributed by atoms with Gasteiger partial charge in [-0.1, -0.05) is 25.1 Å². The van der Waals surface area contributed by atoms with Gasteiger partial charge in [-0.25, -0.2) is 4.98 Å². The fourth-order valence-electron chi connectivity index (χ4n) is 1.68. The van der Waals surface area contributed by atoms with Crippen LogP contribution in [0, 0.1) is 0 Å². The zero-order chi connectivity index (χ0) is 10.5. The van der Waals surface area contributed by atoms with E-state index in [1.54, 1.807) is 0 Å². The third-order valence-electron chi connectivity index (χ3n) is 2.59. The van der Waals surface area contributed by atoms with Gasteiger partial charge in [0.15, 0.2) is 4.34 Å². The first-order chi connectivity index (χ1) is 7.38. The molecule has 1 aliphatic heterocycles. The van der Waals surface area contributed by atoms with Gasteiger partial charge in [-0.15, -0.1) is 0 Å². The summed E-state index contributed by atoms with van der Waals surface area (Å²) < 4.78 is 5.41. The van der Waals surface area contributed by atoms with E-state index in [0.29, 0.717) is 6.04 Å². The Hall–Kier alpha value is -0.130. The first-order valence-electron chi connectivity index (χ1n) is 5.57. The zero-order valence-corrected chi connectivity index (χ0v) is 10.7. The minimum Gasteiger partial charge on any atom is -0.313 e. The summed E-state index contributed by atoms with van der Waals surface area (Å²) in [6.45, 7) is 3.28. The average molecular weight is 243 g/mol. The maximum Gasteiger partial charge on any atom is 0.170 e. The van der Waals surface area contributed by atoms with E-state index >= 15 is 0 Å². The lowest BCUT2D eigenvalue weighted by molar-refractivity contribution is 0.430. The molecule has 2 rings (SSSR count). The lowest BCUT2D eigenvalue weighted by atomic mass is 10.1. The number of thioether (sulfide) groups is 1. The summed E-state index contributed by atoms with van der Waals surface area (Å²) in [6.07, 6.45) is 4.96. The van der Waals surface area contributed by atoms with Crippen molar-refractivity contribution in [3.63, 3.8) is 0 Å². The first kappa shape index (κ1) is 11.4. The van der Waals surface area contributed by atoms with Crippen LogP contribution in [-0.2, 0) is 6.42 Å². The van der Waals surface area contributed by atoms with Crippen molar-refractivity contribution < 1.29 is 0 Å². The fraction of sp³-hybridized carbons (Fsp3) is 0.800. The molecule has 1 unspecified atom stereocenters. The van der Waals surface area contributed by atoms with Crippen molar-refractivity contribution >= 4 is 23.3 Å². The first-order valence-corrected chi connectivity index (χ1v) is 7.33. The number of nitrogens with one attached hydrogen (secondary N) is 1. The molecule has 0 spiro atoms. The van der Waals surface area contributed by atoms with E-state index in [1.165, 1.54) is 37.3 Å². The van der Waals surface area contributed by atoms with Crippen LogP contribution in [0.4, 0.5) is 0 Å². The van der Waals surface area contributed by atoms with Gasteiger partial charge in [0.25, 0.3) is 0 Å². The van der Waals surface area contributed by atoms with Gasteiger partial charge >= 0.3 is 0 Å². The second-order valence-corrected chi connectivity index (χ2v) is 5.81. The lowest BCUT2D eigenvalue weighted by Crippen LogP contribution is -2.35. The standard InChI is InChI=1S/C10H17N3S2/c1-2-9-12-10(15-13-9)14-7-8-5-3-4-6-11-8/h8,11H,2-7H2,1H3. The minimum absolute atomic E-state index is 0.678. The maximum absolute atomic E-state index is 4.46. The van der Waals surface area contributed by atoms with Gasteiger partial charge in [-0.05, 0) is 30.9 Å². The number of aryl methyl sites for hydroxylation is 1. The number of rotatable bonds is 4. The third kappa shape index (κ3) is 3.43. The van der Waals surface area contributed by atoms with E-state index < -0.39 is 0 Å². The summed E-state index contributed by atoms with van der Waals surface area (Å²) in [4.78, 5) is 4.46. The van der Waals surface area contributed by atoms with Crippen LogP contribution in [0.5, 0.6) is 0 Å². The van der Waals surface area contributed by atoms with Crippen molar-refractivity contribution in [1.29, 1.82) is 0 Å². The summed E-state index contributed by atoms with van der Waals surface area (Å²) >= 11 is 3.38. The highest BCUT2D eigenvalue weighted by molar-refractivity contribution is 8.00. The molecule has 15 heavy (non-hydrogen) atoms. The van der Waals surface area contributed by atoms with Gasteiger partial charge in [0, 0.05) is 18.2 Å². The molecule has 1 aliphatic rings. The smallest absolute Gasteiger partial charge is 0.170 e. The number of piperidine rings is 1. The molecule has 0 bridgehead atoms. The third-order valence-corrected chi connectivity index (χ3v) is 4.62. The average Bonchev–Trinajstić information content (AvgIpc) is 2.76. The molecular formula is C10H17N3S2. The molecule has 0 amide bonds. The van der Waals surface area contributed by atoms with E-state index in [9.17, 15) is 0 Å². The highest BCUT2D eigenvalue weighted by atomic mass is 32.2. The van der Waals surface area contributed by atoms with Crippen LogP contribution in [0.3, 0.4) is 0 Å². The molecule has 1 aromatic rings. The molecule has 1 N–H and O–H groups in total. The van der Waals surface area contributed by atoms with Gasteiger partial charge in [-0.2, -0.15) is 4.37 Å². The molecule has 0 radical (unpaired) electrons. The Balaban J connectivity index is 1.76. The van der Waals surface area contributed by atoms with Crippen molar-refractivity contribution in [2.45, 2.75) is 43.0 Å². The Labute approximate surface area is 99.2 Å². The van der Waals surface area contributed by atoms with Crippen LogP contribution in [0.25, 0.3) is 0 Å². The predicted molar refractivity (Wildman–Crippen MR) is 65.7 cm³/mol. The quantitative estimate of drug-likeness (QED) is 0.824. The van der Waals surface area contributed by atoms with E-state index in [-0.39, 0.29) is 0 Å². The second-order valence-electron chi connectivity index (χ2n) is 3.79. The van der Waals surface area contributed by atoms with Gasteiger partial charge in [-0.3, -0.25) is 0 Å². The summed E-state index contributed by atoms with van der Waals surface area (Å²) in [7, 11) is 0. The van der Waals surface area contributed by atoms with Crippen molar-refractivity contribution in [3.05, 3.63) is 5.82 Å². The van der Waals surface area contributed by atoms with Crippen molar-refractivity contribution in [1.82, 2.24) is 14.7 Å². The van der Waals surface area contributed by atoms with Crippen LogP contribution >= 0.6 is 23.3 Å². The molecule has 84 valence electrons. The van der Waals surface area contributed by atoms with Crippen molar-refractivity contribution in [3.8, 4) is 0 Å². The minimum atomic E-state index is 0.678. The molecule has 5 heteroatoms. The fourth-order valence-corrected chi connectivity index (χ4v) is 3.50. The van der Waals surface area contributed by atoms with Gasteiger partial charge < -0.3 is 5.32 Å². The Morgan fingerprint density at radius 3 is 3.13 bits per heavy atom. The van der Waals surface area contributed by atoms with Crippen molar-refractivity contribution in [2.24, 2.45) is 0 Å². The summed E-state index contributed by atoms with van der Waals surface area (Å²) in [6, 6.07) is 0.678. The van der Waals surface area contributed by atoms with Crippen LogP contribution in [0.2, 0.25) is 0 Å². The number of nitrogens with zero attached hydrogens (tertiary/aromatic N) is 2. The number of aromatic nitrogens is 2. The molecule has 1 fully saturated rings. The summed E-state index contributed by atoms with van der Waals surface area (Å²) in [5.74, 6) is 2.12. The Morgan fingerprint density at radius 2 is 2.47 bits per heavy atom. The Morgan fingerprint density at radius 1 is 1.53 bits per heavy atom. The van der Waals surface area contributed by atoms with Gasteiger partial charge in [0.2, 0.25) is 0 Å². The number of hydrogen-bond donors (Lipinski definition) is 1. The highest BCUT2D eigenvalue weighted by Gasteiger charge is 2.13. The van der Waals surface area contributed by atoms with Crippen LogP contribution in [0.15, 0.2) is 4.34 Å². The largest absolute Gasteiger partial charge is 0.313 e. The monoisotopic (exact) mass is 243 g/mol. The normalized spacial score (nSPS) is 21.8. The van der Waals surface area contributed by atoms with Gasteiger partial charge in [0.05, 0.1) is 0 Å². The zero-order valence-electron chi connectivity index (χ0n) is 9.03. The lowest BCUT2D eigenvalue weighted by Gasteiger charge is -2.22. The Kier molecular flexibility index (Phi) is 4.41. The molecule has 0 aliphatic carbocycles. The molecule has 0 saturated carbocycles. The maximum atomic E-state index is 4.46. The molecule has 1 saturated heterocycles. The molecule has 1 atom stereocenters. The van der Waals surface area contributed by atoms with Crippen LogP contribution in [-0.4, -0.2) is 27.7 Å². The van der Waals surface area contributed by atoms with Crippen molar-refractivity contribution in [2.75, 3.05) is 12.3 Å². The predicted octanol–water partition coefficient (Wildman–Crippen LogP) is 2.33. The van der Waals surface area contributed by atoms with E-state index in [0.717, 1.165) is 22.3 Å². The second kappa shape index (κ2) is 5.82. The van der Waals surface area contributed by atoms with Crippen LogP contribution < -0.4 is 5.32 Å². The highest BCUT2D eigenvalue weighted by Crippen LogP contribution is 2.23. The number of hydrogen-bond acceptors (Lipinski definition) is 5. The summed E-state index contributed by atoms with van der Waals surface area (Å²) in [5.41, 5.74) is 0. The topological polar surface area (TPSA) is 37.8 Å². The molecule has 1 aromatic heterocycles. The van der Waals surface area contributed by atoms with E-state index in [4.69, 9.17) is 0 Å². The molecule has 3 nitrogen and oxygen atoms in total. The molecule has 0 aromatic carbocycles. The van der Waals surface area contributed by atoms with E-state index in [2.05, 4.69) is 21.6 Å². The SMILES string of the molecule is CCc1nsc(SCC2CCCCN2)n1. The Bertz CT molecular complexity index is 295. The van der Waals surface area contributed by atoms with E-state index in [1.807, 2.05) is 11.8 Å². The molecular weight excluding hydrogens is 226 g/mol. The van der Waals surface area contributed by atoms with Gasteiger partial charge in [0.1, 0.15) is 5.82 Å².